The van der Waals surface area contributed by atoms with Crippen molar-refractivity contribution < 1.29 is 18.7 Å². The minimum absolute atomic E-state index is 0.0691. The van der Waals surface area contributed by atoms with Gasteiger partial charge in [-0.15, -0.1) is 11.3 Å². The number of aromatic nitrogens is 1. The maximum atomic E-state index is 12.9. The van der Waals surface area contributed by atoms with Gasteiger partial charge in [0.2, 0.25) is 5.91 Å². The van der Waals surface area contributed by atoms with Crippen LogP contribution in [0, 0.1) is 5.82 Å². The first-order chi connectivity index (χ1) is 13.5. The van der Waals surface area contributed by atoms with E-state index in [1.54, 1.807) is 18.2 Å². The summed E-state index contributed by atoms with van der Waals surface area (Å²) in [6.07, 6.45) is 2.99. The van der Waals surface area contributed by atoms with E-state index in [1.165, 1.54) is 36.7 Å². The molecule has 2 aromatic carbocycles. The van der Waals surface area contributed by atoms with E-state index in [-0.39, 0.29) is 24.1 Å². The fourth-order valence-corrected chi connectivity index (χ4v) is 3.41. The van der Waals surface area contributed by atoms with Gasteiger partial charge in [0.05, 0.1) is 19.2 Å². The van der Waals surface area contributed by atoms with E-state index in [2.05, 4.69) is 10.3 Å². The fraction of sp³-hybridized carbons (Fsp3) is 0.0952. The van der Waals surface area contributed by atoms with Crippen LogP contribution in [0.2, 0.25) is 0 Å². The molecule has 0 aliphatic carbocycles. The van der Waals surface area contributed by atoms with E-state index in [4.69, 9.17) is 4.74 Å². The molecule has 1 heterocycles. The van der Waals surface area contributed by atoms with Gasteiger partial charge in [0.15, 0.2) is 5.13 Å². The van der Waals surface area contributed by atoms with Crippen molar-refractivity contribution in [2.24, 2.45) is 0 Å². The van der Waals surface area contributed by atoms with Crippen LogP contribution in [0.3, 0.4) is 0 Å². The van der Waals surface area contributed by atoms with Gasteiger partial charge in [0.25, 0.3) is 0 Å². The average Bonchev–Trinajstić information content (AvgIpc) is 3.10. The molecule has 0 unspecified atom stereocenters. The Morgan fingerprint density at radius 3 is 2.54 bits per heavy atom. The second kappa shape index (κ2) is 9.05. The molecular formula is C21H17FN2O3S. The number of anilines is 1. The first kappa shape index (κ1) is 19.4. The molecule has 0 saturated carbocycles. The molecule has 3 rings (SSSR count). The number of nitrogens with one attached hydrogen (secondary N) is 1. The third-order valence-electron chi connectivity index (χ3n) is 3.80. The summed E-state index contributed by atoms with van der Waals surface area (Å²) in [5.74, 6) is -1.09. The molecule has 1 N–H and O–H groups in total. The molecule has 1 aromatic heterocycles. The number of thiazole rings is 1. The van der Waals surface area contributed by atoms with Crippen molar-refractivity contribution in [3.8, 4) is 11.3 Å². The molecule has 0 saturated heterocycles. The van der Waals surface area contributed by atoms with E-state index in [0.29, 0.717) is 21.3 Å². The number of esters is 1. The summed E-state index contributed by atoms with van der Waals surface area (Å²) in [6.45, 7) is 0. The number of hydrogen-bond donors (Lipinski definition) is 1. The first-order valence-electron chi connectivity index (χ1n) is 8.41. The monoisotopic (exact) mass is 396 g/mol. The summed E-state index contributed by atoms with van der Waals surface area (Å²) in [6, 6.07) is 15.2. The second-order valence-electron chi connectivity index (χ2n) is 5.78. The van der Waals surface area contributed by atoms with Gasteiger partial charge in [0, 0.05) is 16.5 Å². The van der Waals surface area contributed by atoms with E-state index in [0.717, 1.165) is 5.56 Å². The van der Waals surface area contributed by atoms with Crippen molar-refractivity contribution >= 4 is 34.4 Å². The van der Waals surface area contributed by atoms with Crippen LogP contribution >= 0.6 is 11.3 Å². The zero-order chi connectivity index (χ0) is 19.9. The minimum atomic E-state index is -0.380. The van der Waals surface area contributed by atoms with Crippen LogP contribution in [0.15, 0.2) is 60.7 Å². The molecule has 1 amide bonds. The number of ether oxygens (including phenoxy) is 1. The predicted molar refractivity (Wildman–Crippen MR) is 107 cm³/mol. The Labute approximate surface area is 165 Å². The zero-order valence-corrected chi connectivity index (χ0v) is 15.8. The van der Waals surface area contributed by atoms with Crippen molar-refractivity contribution in [1.29, 1.82) is 0 Å². The van der Waals surface area contributed by atoms with Crippen molar-refractivity contribution in [1.82, 2.24) is 4.98 Å². The molecule has 5 nitrogen and oxygen atoms in total. The number of rotatable bonds is 6. The van der Waals surface area contributed by atoms with E-state index >= 15 is 0 Å². The van der Waals surface area contributed by atoms with Crippen molar-refractivity contribution in [3.05, 3.63) is 76.9 Å². The Bertz CT molecular complexity index is 998. The van der Waals surface area contributed by atoms with Crippen LogP contribution in [0.1, 0.15) is 10.4 Å². The van der Waals surface area contributed by atoms with Gasteiger partial charge in [-0.3, -0.25) is 14.9 Å². The molecule has 28 heavy (non-hydrogen) atoms. The number of nitrogens with zero attached hydrogens (tertiary/aromatic N) is 1. The Balaban J connectivity index is 1.78. The fourth-order valence-electron chi connectivity index (χ4n) is 2.44. The normalized spacial score (nSPS) is 10.8. The third-order valence-corrected chi connectivity index (χ3v) is 4.78. The van der Waals surface area contributed by atoms with Crippen LogP contribution in [-0.4, -0.2) is 24.0 Å². The second-order valence-corrected chi connectivity index (χ2v) is 6.87. The molecule has 142 valence electrons. The lowest BCUT2D eigenvalue weighted by Crippen LogP contribution is -2.07. The van der Waals surface area contributed by atoms with E-state index < -0.39 is 0 Å². The summed E-state index contributed by atoms with van der Waals surface area (Å²) < 4.78 is 17.7. The van der Waals surface area contributed by atoms with Crippen molar-refractivity contribution in [3.63, 3.8) is 0 Å². The zero-order valence-electron chi connectivity index (χ0n) is 15.0. The number of methoxy groups -OCH3 is 1. The highest BCUT2D eigenvalue weighted by atomic mass is 32.1. The largest absolute Gasteiger partial charge is 0.469 e. The van der Waals surface area contributed by atoms with Crippen LogP contribution in [0.5, 0.6) is 0 Å². The lowest BCUT2D eigenvalue weighted by Gasteiger charge is -2.01. The number of halogens is 1. The maximum absolute atomic E-state index is 12.9. The van der Waals surface area contributed by atoms with Crippen molar-refractivity contribution in [2.75, 3.05) is 12.4 Å². The molecule has 0 spiro atoms. The first-order valence-corrected chi connectivity index (χ1v) is 9.23. The summed E-state index contributed by atoms with van der Waals surface area (Å²) >= 11 is 1.22. The van der Waals surface area contributed by atoms with E-state index in [9.17, 15) is 14.0 Å². The lowest BCUT2D eigenvalue weighted by atomic mass is 10.1. The standard InChI is InChI=1S/C21H17FN2O3S/c1-27-19(26)13-17-20(15-5-3-2-4-6-15)24-21(28-17)23-18(25)12-9-14-7-10-16(22)11-8-14/h2-12H,13H2,1H3,(H,23,24,25)/b12-9+. The Kier molecular flexibility index (Phi) is 6.29. The quantitative estimate of drug-likeness (QED) is 0.498. The number of carbonyl (C=O) groups excluding carboxylic acids is 2. The van der Waals surface area contributed by atoms with Gasteiger partial charge >= 0.3 is 5.97 Å². The highest BCUT2D eigenvalue weighted by molar-refractivity contribution is 7.16. The summed E-state index contributed by atoms with van der Waals surface area (Å²) in [5.41, 5.74) is 2.18. The van der Waals surface area contributed by atoms with Gasteiger partial charge in [-0.2, -0.15) is 0 Å². The number of benzene rings is 2. The van der Waals surface area contributed by atoms with Gasteiger partial charge < -0.3 is 4.74 Å². The molecule has 0 aliphatic heterocycles. The molecule has 7 heteroatoms. The SMILES string of the molecule is COC(=O)Cc1sc(NC(=O)/C=C/c2ccc(F)cc2)nc1-c1ccccc1. The smallest absolute Gasteiger partial charge is 0.310 e. The molecule has 0 radical (unpaired) electrons. The molecule has 0 fully saturated rings. The summed E-state index contributed by atoms with van der Waals surface area (Å²) in [7, 11) is 1.33. The molecular weight excluding hydrogens is 379 g/mol. The number of carbonyl (C=O) groups is 2. The highest BCUT2D eigenvalue weighted by Crippen LogP contribution is 2.31. The summed E-state index contributed by atoms with van der Waals surface area (Å²) in [5, 5.41) is 3.08. The van der Waals surface area contributed by atoms with Gasteiger partial charge in [-0.05, 0) is 23.8 Å². The molecule has 0 atom stereocenters. The molecule has 0 aliphatic rings. The van der Waals surface area contributed by atoms with Crippen LogP contribution in [-0.2, 0) is 20.7 Å². The summed E-state index contributed by atoms with van der Waals surface area (Å²) in [4.78, 5) is 29.1. The van der Waals surface area contributed by atoms with Crippen LogP contribution < -0.4 is 5.32 Å². The highest BCUT2D eigenvalue weighted by Gasteiger charge is 2.17. The Hall–Kier alpha value is -3.32. The average molecular weight is 396 g/mol. The van der Waals surface area contributed by atoms with Crippen molar-refractivity contribution in [2.45, 2.75) is 6.42 Å². The molecule has 3 aromatic rings. The topological polar surface area (TPSA) is 68.3 Å². The Morgan fingerprint density at radius 2 is 1.86 bits per heavy atom. The third kappa shape index (κ3) is 5.11. The van der Waals surface area contributed by atoms with Crippen LogP contribution in [0.4, 0.5) is 9.52 Å². The minimum Gasteiger partial charge on any atom is -0.469 e. The van der Waals surface area contributed by atoms with Crippen LogP contribution in [0.25, 0.3) is 17.3 Å². The predicted octanol–water partition coefficient (Wildman–Crippen LogP) is 4.32. The number of amides is 1. The molecule has 0 bridgehead atoms. The Morgan fingerprint density at radius 1 is 1.14 bits per heavy atom. The maximum Gasteiger partial charge on any atom is 0.310 e. The van der Waals surface area contributed by atoms with E-state index in [1.807, 2.05) is 30.3 Å². The van der Waals surface area contributed by atoms with Gasteiger partial charge in [-0.1, -0.05) is 42.5 Å². The van der Waals surface area contributed by atoms with Gasteiger partial charge in [-0.25, -0.2) is 9.37 Å². The number of hydrogen-bond acceptors (Lipinski definition) is 5. The lowest BCUT2D eigenvalue weighted by molar-refractivity contribution is -0.139. The van der Waals surface area contributed by atoms with Gasteiger partial charge in [0.1, 0.15) is 5.82 Å².